The summed E-state index contributed by atoms with van der Waals surface area (Å²) in [5.41, 5.74) is 0.986. The van der Waals surface area contributed by atoms with Crippen LogP contribution in [-0.2, 0) is 16.1 Å². The highest BCUT2D eigenvalue weighted by atomic mass is 32.1. The van der Waals surface area contributed by atoms with Crippen LogP contribution in [0, 0.1) is 6.92 Å². The summed E-state index contributed by atoms with van der Waals surface area (Å²) < 4.78 is 10.1. The minimum absolute atomic E-state index is 0.148. The molecule has 2 aromatic heterocycles. The molecule has 0 radical (unpaired) electrons. The lowest BCUT2D eigenvalue weighted by atomic mass is 10.3. The molecule has 7 heteroatoms. The Morgan fingerprint density at radius 1 is 1.58 bits per heavy atom. The molecule has 0 unspecified atom stereocenters. The summed E-state index contributed by atoms with van der Waals surface area (Å²) in [6, 6.07) is 0. The Hall–Kier alpha value is -2.02. The van der Waals surface area contributed by atoms with Gasteiger partial charge in [0.05, 0.1) is 24.5 Å². The van der Waals surface area contributed by atoms with Crippen molar-refractivity contribution < 1.29 is 9.53 Å². The fourth-order valence-electron chi connectivity index (χ4n) is 1.62. The first-order valence-corrected chi connectivity index (χ1v) is 6.38. The van der Waals surface area contributed by atoms with E-state index in [4.69, 9.17) is 0 Å². The van der Waals surface area contributed by atoms with Gasteiger partial charge in [-0.15, -0.1) is 0 Å². The molecule has 0 bridgehead atoms. The number of allylic oxidation sites excluding steroid dienone is 1. The highest BCUT2D eigenvalue weighted by molar-refractivity contribution is 7.12. The zero-order valence-electron chi connectivity index (χ0n) is 10.8. The van der Waals surface area contributed by atoms with E-state index in [0.717, 1.165) is 0 Å². The maximum Gasteiger partial charge on any atom is 0.333 e. The molecule has 0 aliphatic carbocycles. The molecule has 2 heterocycles. The standard InChI is InChI=1S/C12H13N3O3S/c1-7(12(17)18-3)4-5-15-6-13-10-9(11(15)16)8(2)14-19-10/h4,6H,5H2,1-3H3. The smallest absolute Gasteiger partial charge is 0.333 e. The molecule has 0 saturated heterocycles. The van der Waals surface area contributed by atoms with Crippen molar-refractivity contribution >= 4 is 27.7 Å². The highest BCUT2D eigenvalue weighted by Gasteiger charge is 2.10. The van der Waals surface area contributed by atoms with Crippen molar-refractivity contribution in [1.82, 2.24) is 13.9 Å². The SMILES string of the molecule is COC(=O)C(C)=CCn1cnc2snc(C)c2c1=O. The fraction of sp³-hybridized carbons (Fsp3) is 0.333. The number of carbonyl (C=O) groups is 1. The van der Waals surface area contributed by atoms with Crippen LogP contribution in [0.5, 0.6) is 0 Å². The first kappa shape index (κ1) is 13.4. The lowest BCUT2D eigenvalue weighted by Gasteiger charge is -2.03. The quantitative estimate of drug-likeness (QED) is 0.625. The summed E-state index contributed by atoms with van der Waals surface area (Å²) in [6.45, 7) is 3.69. The second-order valence-corrected chi connectivity index (χ2v) is 4.78. The fourth-order valence-corrected chi connectivity index (χ4v) is 2.36. The summed E-state index contributed by atoms with van der Waals surface area (Å²) in [5, 5.41) is 0.539. The second-order valence-electron chi connectivity index (χ2n) is 4.03. The number of methoxy groups -OCH3 is 1. The molecule has 0 N–H and O–H groups in total. The maximum atomic E-state index is 12.2. The van der Waals surface area contributed by atoms with Gasteiger partial charge in [0.15, 0.2) is 4.83 Å². The summed E-state index contributed by atoms with van der Waals surface area (Å²) in [7, 11) is 1.32. The van der Waals surface area contributed by atoms with Crippen LogP contribution in [0.25, 0.3) is 10.2 Å². The molecule has 6 nitrogen and oxygen atoms in total. The van der Waals surface area contributed by atoms with Crippen LogP contribution in [0.1, 0.15) is 12.6 Å². The molecular formula is C12H13N3O3S. The lowest BCUT2D eigenvalue weighted by molar-refractivity contribution is -0.136. The molecule has 0 fully saturated rings. The lowest BCUT2D eigenvalue weighted by Crippen LogP contribution is -2.20. The molecule has 0 saturated carbocycles. The molecule has 0 amide bonds. The Labute approximate surface area is 113 Å². The Bertz CT molecular complexity index is 715. The Balaban J connectivity index is 2.37. The van der Waals surface area contributed by atoms with Gasteiger partial charge in [0.1, 0.15) is 0 Å². The minimum atomic E-state index is -0.407. The van der Waals surface area contributed by atoms with Crippen molar-refractivity contribution in [2.45, 2.75) is 20.4 Å². The summed E-state index contributed by atoms with van der Waals surface area (Å²) in [4.78, 5) is 28.3. The van der Waals surface area contributed by atoms with Crippen LogP contribution < -0.4 is 5.56 Å². The van der Waals surface area contributed by atoms with Crippen molar-refractivity contribution in [3.05, 3.63) is 34.0 Å². The van der Waals surface area contributed by atoms with E-state index in [-0.39, 0.29) is 12.1 Å². The largest absolute Gasteiger partial charge is 0.466 e. The number of hydrogen-bond donors (Lipinski definition) is 0. The van der Waals surface area contributed by atoms with Crippen LogP contribution in [0.15, 0.2) is 22.8 Å². The Morgan fingerprint density at radius 3 is 3.00 bits per heavy atom. The van der Waals surface area contributed by atoms with Gasteiger partial charge in [0, 0.05) is 12.1 Å². The van der Waals surface area contributed by atoms with Gasteiger partial charge in [-0.25, -0.2) is 9.78 Å². The van der Waals surface area contributed by atoms with Gasteiger partial charge in [0.25, 0.3) is 5.56 Å². The van der Waals surface area contributed by atoms with E-state index in [2.05, 4.69) is 14.1 Å². The molecule has 0 atom stereocenters. The van der Waals surface area contributed by atoms with E-state index in [9.17, 15) is 9.59 Å². The molecule has 0 aliphatic rings. The minimum Gasteiger partial charge on any atom is -0.466 e. The van der Waals surface area contributed by atoms with Gasteiger partial charge >= 0.3 is 5.97 Å². The number of carbonyl (C=O) groups excluding carboxylic acids is 1. The molecule has 0 aromatic carbocycles. The number of esters is 1. The first-order valence-electron chi connectivity index (χ1n) is 5.61. The van der Waals surface area contributed by atoms with Crippen LogP contribution in [0.4, 0.5) is 0 Å². The van der Waals surface area contributed by atoms with E-state index < -0.39 is 5.97 Å². The molecule has 2 rings (SSSR count). The number of rotatable bonds is 3. The molecular weight excluding hydrogens is 266 g/mol. The number of hydrogen-bond acceptors (Lipinski definition) is 6. The van der Waals surface area contributed by atoms with Crippen LogP contribution in [0.3, 0.4) is 0 Å². The Morgan fingerprint density at radius 2 is 2.32 bits per heavy atom. The summed E-state index contributed by atoms with van der Waals surface area (Å²) in [6.07, 6.45) is 3.10. The number of aryl methyl sites for hydroxylation is 1. The van der Waals surface area contributed by atoms with Crippen molar-refractivity contribution in [1.29, 1.82) is 0 Å². The van der Waals surface area contributed by atoms with Gasteiger partial charge < -0.3 is 4.74 Å². The van der Waals surface area contributed by atoms with Gasteiger partial charge in [-0.3, -0.25) is 9.36 Å². The number of aromatic nitrogens is 3. The summed E-state index contributed by atoms with van der Waals surface area (Å²) >= 11 is 1.21. The van der Waals surface area contributed by atoms with Crippen molar-refractivity contribution in [2.24, 2.45) is 0 Å². The third-order valence-corrected chi connectivity index (χ3v) is 3.58. The predicted octanol–water partition coefficient (Wildman–Crippen LogP) is 1.28. The normalized spacial score (nSPS) is 11.8. The van der Waals surface area contributed by atoms with Crippen LogP contribution in [-0.4, -0.2) is 27.0 Å². The van der Waals surface area contributed by atoms with E-state index in [1.807, 2.05) is 0 Å². The Kier molecular flexibility index (Phi) is 3.75. The van der Waals surface area contributed by atoms with Gasteiger partial charge in [-0.05, 0) is 25.4 Å². The molecule has 100 valence electrons. The van der Waals surface area contributed by atoms with Crippen LogP contribution in [0.2, 0.25) is 0 Å². The third-order valence-electron chi connectivity index (χ3n) is 2.74. The van der Waals surface area contributed by atoms with E-state index >= 15 is 0 Å². The van der Waals surface area contributed by atoms with E-state index in [1.165, 1.54) is 29.5 Å². The molecule has 0 aliphatic heterocycles. The summed E-state index contributed by atoms with van der Waals surface area (Å²) in [5.74, 6) is -0.407. The molecule has 19 heavy (non-hydrogen) atoms. The topological polar surface area (TPSA) is 74.1 Å². The average molecular weight is 279 g/mol. The molecule has 0 spiro atoms. The molecule has 2 aromatic rings. The van der Waals surface area contributed by atoms with Gasteiger partial charge in [-0.2, -0.15) is 4.37 Å². The van der Waals surface area contributed by atoms with Crippen molar-refractivity contribution in [2.75, 3.05) is 7.11 Å². The zero-order chi connectivity index (χ0) is 14.0. The average Bonchev–Trinajstić information content (AvgIpc) is 2.79. The number of ether oxygens (including phenoxy) is 1. The zero-order valence-corrected chi connectivity index (χ0v) is 11.7. The third kappa shape index (κ3) is 2.55. The number of nitrogens with zero attached hydrogens (tertiary/aromatic N) is 3. The van der Waals surface area contributed by atoms with Crippen molar-refractivity contribution in [3.8, 4) is 0 Å². The van der Waals surface area contributed by atoms with E-state index in [0.29, 0.717) is 21.5 Å². The number of fused-ring (bicyclic) bond motifs is 1. The first-order chi connectivity index (χ1) is 9.04. The predicted molar refractivity (Wildman–Crippen MR) is 72.2 cm³/mol. The monoisotopic (exact) mass is 279 g/mol. The second kappa shape index (κ2) is 5.31. The van der Waals surface area contributed by atoms with Gasteiger partial charge in [0.2, 0.25) is 0 Å². The van der Waals surface area contributed by atoms with E-state index in [1.54, 1.807) is 19.9 Å². The highest BCUT2D eigenvalue weighted by Crippen LogP contribution is 2.15. The maximum absolute atomic E-state index is 12.2. The van der Waals surface area contributed by atoms with Gasteiger partial charge in [-0.1, -0.05) is 6.08 Å². The van der Waals surface area contributed by atoms with Crippen molar-refractivity contribution in [3.63, 3.8) is 0 Å². The van der Waals surface area contributed by atoms with Crippen LogP contribution >= 0.6 is 11.5 Å².